The van der Waals surface area contributed by atoms with Crippen LogP contribution in [-0.4, -0.2) is 48.7 Å². The van der Waals surface area contributed by atoms with Crippen molar-refractivity contribution in [3.63, 3.8) is 0 Å². The van der Waals surface area contributed by atoms with E-state index in [0.717, 1.165) is 19.4 Å². The van der Waals surface area contributed by atoms with E-state index in [4.69, 9.17) is 9.84 Å². The molecule has 0 aliphatic carbocycles. The van der Waals surface area contributed by atoms with Crippen molar-refractivity contribution >= 4 is 0 Å². The molecule has 0 rings (SSSR count). The molecule has 0 bridgehead atoms. The average molecular weight is 233 g/mol. The SMILES string of the molecule is CC(C)COCC(O)CNCCCC(C)O. The standard InChI is InChI=1S/C12H27NO3/c1-10(2)8-16-9-12(15)7-13-6-4-5-11(3)14/h10-15H,4-9H2,1-3H3. The third-order valence-corrected chi connectivity index (χ3v) is 2.12. The van der Waals surface area contributed by atoms with Gasteiger partial charge >= 0.3 is 0 Å². The molecular formula is C12H27NO3. The van der Waals surface area contributed by atoms with Gasteiger partial charge in [0.05, 0.1) is 18.8 Å². The van der Waals surface area contributed by atoms with Crippen LogP contribution >= 0.6 is 0 Å². The molecule has 0 aliphatic rings. The normalized spacial score (nSPS) is 15.4. The van der Waals surface area contributed by atoms with Crippen LogP contribution in [0.2, 0.25) is 0 Å². The van der Waals surface area contributed by atoms with E-state index >= 15 is 0 Å². The Morgan fingerprint density at radius 2 is 1.81 bits per heavy atom. The van der Waals surface area contributed by atoms with Crippen LogP contribution < -0.4 is 5.32 Å². The first-order chi connectivity index (χ1) is 7.52. The summed E-state index contributed by atoms with van der Waals surface area (Å²) in [5.74, 6) is 0.506. The number of nitrogens with one attached hydrogen (secondary N) is 1. The Morgan fingerprint density at radius 1 is 1.12 bits per heavy atom. The zero-order valence-electron chi connectivity index (χ0n) is 10.8. The largest absolute Gasteiger partial charge is 0.393 e. The number of aliphatic hydroxyl groups is 2. The molecule has 98 valence electrons. The Kier molecular flexibility index (Phi) is 9.92. The molecule has 0 aliphatic heterocycles. The summed E-state index contributed by atoms with van der Waals surface area (Å²) in [6.45, 7) is 8.42. The Balaban J connectivity index is 3.20. The number of hydrogen-bond donors (Lipinski definition) is 3. The molecule has 0 spiro atoms. The number of rotatable bonds is 10. The van der Waals surface area contributed by atoms with Gasteiger partial charge in [0.1, 0.15) is 0 Å². The highest BCUT2D eigenvalue weighted by Crippen LogP contribution is 1.95. The van der Waals surface area contributed by atoms with Crippen molar-refractivity contribution in [2.45, 2.75) is 45.8 Å². The third-order valence-electron chi connectivity index (χ3n) is 2.12. The Labute approximate surface area is 99.0 Å². The maximum Gasteiger partial charge on any atom is 0.0897 e. The second kappa shape index (κ2) is 10.0. The van der Waals surface area contributed by atoms with Gasteiger partial charge in [-0.1, -0.05) is 13.8 Å². The van der Waals surface area contributed by atoms with Crippen molar-refractivity contribution in [1.29, 1.82) is 0 Å². The molecule has 0 radical (unpaired) electrons. The predicted molar refractivity (Wildman–Crippen MR) is 65.4 cm³/mol. The molecule has 3 N–H and O–H groups in total. The lowest BCUT2D eigenvalue weighted by atomic mass is 10.2. The maximum absolute atomic E-state index is 9.53. The van der Waals surface area contributed by atoms with Gasteiger partial charge in [-0.3, -0.25) is 0 Å². The van der Waals surface area contributed by atoms with Gasteiger partial charge in [-0.25, -0.2) is 0 Å². The highest BCUT2D eigenvalue weighted by Gasteiger charge is 2.04. The topological polar surface area (TPSA) is 61.7 Å². The molecule has 0 saturated heterocycles. The quantitative estimate of drug-likeness (QED) is 0.488. The minimum absolute atomic E-state index is 0.235. The van der Waals surface area contributed by atoms with Crippen molar-refractivity contribution in [2.75, 3.05) is 26.3 Å². The molecule has 2 atom stereocenters. The van der Waals surface area contributed by atoms with Gasteiger partial charge in [0.25, 0.3) is 0 Å². The summed E-state index contributed by atoms with van der Waals surface area (Å²) in [5, 5.41) is 21.7. The van der Waals surface area contributed by atoms with Crippen molar-refractivity contribution in [3.05, 3.63) is 0 Å². The second-order valence-corrected chi connectivity index (χ2v) is 4.78. The number of ether oxygens (including phenoxy) is 1. The van der Waals surface area contributed by atoms with Crippen LogP contribution in [-0.2, 0) is 4.74 Å². The molecule has 4 heteroatoms. The number of hydrogen-bond acceptors (Lipinski definition) is 4. The minimum Gasteiger partial charge on any atom is -0.393 e. The smallest absolute Gasteiger partial charge is 0.0897 e. The van der Waals surface area contributed by atoms with Gasteiger partial charge in [0.2, 0.25) is 0 Å². The lowest BCUT2D eigenvalue weighted by Gasteiger charge is -2.13. The molecule has 4 nitrogen and oxygen atoms in total. The average Bonchev–Trinajstić information content (AvgIpc) is 2.16. The molecule has 0 fully saturated rings. The molecule has 0 aromatic carbocycles. The van der Waals surface area contributed by atoms with Crippen molar-refractivity contribution in [3.8, 4) is 0 Å². The molecular weight excluding hydrogens is 206 g/mol. The summed E-state index contributed by atoms with van der Waals surface area (Å²) < 4.78 is 5.32. The second-order valence-electron chi connectivity index (χ2n) is 4.78. The van der Waals surface area contributed by atoms with Gasteiger partial charge < -0.3 is 20.3 Å². The first kappa shape index (κ1) is 15.8. The fourth-order valence-electron chi connectivity index (χ4n) is 1.29. The van der Waals surface area contributed by atoms with E-state index in [1.165, 1.54) is 0 Å². The molecule has 0 aromatic rings. The minimum atomic E-state index is -0.440. The monoisotopic (exact) mass is 233 g/mol. The van der Waals surface area contributed by atoms with Crippen LogP contribution in [0.15, 0.2) is 0 Å². The van der Waals surface area contributed by atoms with Crippen LogP contribution in [0, 0.1) is 5.92 Å². The fraction of sp³-hybridized carbons (Fsp3) is 1.00. The summed E-state index contributed by atoms with van der Waals surface area (Å²) in [5.41, 5.74) is 0. The van der Waals surface area contributed by atoms with Gasteiger partial charge in [0.15, 0.2) is 0 Å². The van der Waals surface area contributed by atoms with Crippen molar-refractivity contribution in [1.82, 2.24) is 5.32 Å². The van der Waals surface area contributed by atoms with E-state index in [9.17, 15) is 5.11 Å². The Morgan fingerprint density at radius 3 is 2.38 bits per heavy atom. The lowest BCUT2D eigenvalue weighted by Crippen LogP contribution is -2.31. The van der Waals surface area contributed by atoms with Crippen LogP contribution in [0.5, 0.6) is 0 Å². The first-order valence-electron chi connectivity index (χ1n) is 6.17. The summed E-state index contributed by atoms with van der Waals surface area (Å²) in [4.78, 5) is 0. The fourth-order valence-corrected chi connectivity index (χ4v) is 1.29. The van der Waals surface area contributed by atoms with Crippen molar-refractivity contribution < 1.29 is 14.9 Å². The van der Waals surface area contributed by atoms with Gasteiger partial charge in [-0.05, 0) is 32.2 Å². The summed E-state index contributed by atoms with van der Waals surface area (Å²) in [7, 11) is 0. The van der Waals surface area contributed by atoms with Crippen LogP contribution in [0.25, 0.3) is 0 Å². The van der Waals surface area contributed by atoms with Gasteiger partial charge in [-0.2, -0.15) is 0 Å². The molecule has 0 amide bonds. The van der Waals surface area contributed by atoms with Gasteiger partial charge in [-0.15, -0.1) is 0 Å². The van der Waals surface area contributed by atoms with Crippen LogP contribution in [0.4, 0.5) is 0 Å². The maximum atomic E-state index is 9.53. The Hall–Kier alpha value is -0.160. The predicted octanol–water partition coefficient (Wildman–Crippen LogP) is 0.770. The molecule has 0 heterocycles. The third kappa shape index (κ3) is 11.9. The van der Waals surface area contributed by atoms with E-state index < -0.39 is 6.10 Å². The summed E-state index contributed by atoms with van der Waals surface area (Å²) >= 11 is 0. The molecule has 0 aromatic heterocycles. The van der Waals surface area contributed by atoms with E-state index in [-0.39, 0.29) is 6.10 Å². The van der Waals surface area contributed by atoms with E-state index in [0.29, 0.717) is 25.7 Å². The molecule has 0 saturated carbocycles. The number of aliphatic hydroxyl groups excluding tert-OH is 2. The van der Waals surface area contributed by atoms with Crippen LogP contribution in [0.1, 0.15) is 33.6 Å². The summed E-state index contributed by atoms with van der Waals surface area (Å²) in [6, 6.07) is 0. The highest BCUT2D eigenvalue weighted by molar-refractivity contribution is 4.59. The Bertz CT molecular complexity index is 151. The zero-order chi connectivity index (χ0) is 12.4. The first-order valence-corrected chi connectivity index (χ1v) is 6.17. The molecule has 2 unspecified atom stereocenters. The van der Waals surface area contributed by atoms with E-state index in [1.807, 2.05) is 0 Å². The highest BCUT2D eigenvalue weighted by atomic mass is 16.5. The van der Waals surface area contributed by atoms with E-state index in [1.54, 1.807) is 6.92 Å². The molecule has 16 heavy (non-hydrogen) atoms. The van der Waals surface area contributed by atoms with Crippen molar-refractivity contribution in [2.24, 2.45) is 5.92 Å². The van der Waals surface area contributed by atoms with Crippen LogP contribution in [0.3, 0.4) is 0 Å². The van der Waals surface area contributed by atoms with E-state index in [2.05, 4.69) is 19.2 Å². The summed E-state index contributed by atoms with van der Waals surface area (Å²) in [6.07, 6.45) is 1.05. The van der Waals surface area contributed by atoms with Gasteiger partial charge in [0, 0.05) is 13.2 Å². The lowest BCUT2D eigenvalue weighted by molar-refractivity contribution is 0.0261. The zero-order valence-corrected chi connectivity index (χ0v) is 10.8.